The molecular formula is C21H23N5. The van der Waals surface area contributed by atoms with Crippen LogP contribution in [0, 0.1) is 0 Å². The summed E-state index contributed by atoms with van der Waals surface area (Å²) in [5, 5.41) is 4.63. The molecule has 5 rings (SSSR count). The maximum atomic E-state index is 4.68. The zero-order valence-corrected chi connectivity index (χ0v) is 14.8. The fourth-order valence-electron chi connectivity index (χ4n) is 4.48. The molecule has 1 aliphatic carbocycles. The quantitative estimate of drug-likeness (QED) is 0.730. The Morgan fingerprint density at radius 3 is 2.50 bits per heavy atom. The highest BCUT2D eigenvalue weighted by atomic mass is 15.4. The third-order valence-electron chi connectivity index (χ3n) is 5.74. The summed E-state index contributed by atoms with van der Waals surface area (Å²) in [4.78, 5) is 11.6. The first-order valence-corrected chi connectivity index (χ1v) is 9.50. The highest BCUT2D eigenvalue weighted by molar-refractivity contribution is 5.39. The van der Waals surface area contributed by atoms with E-state index >= 15 is 0 Å². The smallest absolute Gasteiger partial charge is 0.138 e. The molecular weight excluding hydrogens is 322 g/mol. The first-order valence-electron chi connectivity index (χ1n) is 9.50. The van der Waals surface area contributed by atoms with Crippen molar-refractivity contribution in [2.24, 2.45) is 0 Å². The first kappa shape index (κ1) is 15.6. The Kier molecular flexibility index (Phi) is 3.92. The predicted octanol–water partition coefficient (Wildman–Crippen LogP) is 3.40. The summed E-state index contributed by atoms with van der Waals surface area (Å²) in [6.45, 7) is 2.03. The molecule has 1 aromatic carbocycles. The minimum absolute atomic E-state index is 0.398. The van der Waals surface area contributed by atoms with E-state index in [0.717, 1.165) is 37.6 Å². The predicted molar refractivity (Wildman–Crippen MR) is 101 cm³/mol. The first-order chi connectivity index (χ1) is 12.9. The van der Waals surface area contributed by atoms with Crippen molar-refractivity contribution in [3.63, 3.8) is 0 Å². The molecule has 0 saturated carbocycles. The van der Waals surface area contributed by atoms with E-state index in [-0.39, 0.29) is 0 Å². The molecule has 1 atom stereocenters. The molecule has 1 fully saturated rings. The van der Waals surface area contributed by atoms with Crippen LogP contribution < -0.4 is 4.90 Å². The van der Waals surface area contributed by atoms with Gasteiger partial charge in [-0.2, -0.15) is 5.10 Å². The average Bonchev–Trinajstić information content (AvgIpc) is 3.35. The van der Waals surface area contributed by atoms with Gasteiger partial charge < -0.3 is 4.90 Å². The number of anilines is 1. The maximum Gasteiger partial charge on any atom is 0.138 e. The largest absolute Gasteiger partial charge is 0.356 e. The van der Waals surface area contributed by atoms with Gasteiger partial charge in [-0.1, -0.05) is 30.3 Å². The number of benzene rings is 1. The van der Waals surface area contributed by atoms with Crippen LogP contribution in [0.3, 0.4) is 0 Å². The summed E-state index contributed by atoms with van der Waals surface area (Å²) in [6.07, 6.45) is 8.06. The molecule has 0 radical (unpaired) electrons. The van der Waals surface area contributed by atoms with Gasteiger partial charge in [-0.25, -0.2) is 14.6 Å². The highest BCUT2D eigenvalue weighted by Gasteiger charge is 2.30. The second-order valence-corrected chi connectivity index (χ2v) is 7.37. The van der Waals surface area contributed by atoms with Crippen molar-refractivity contribution in [3.05, 3.63) is 71.9 Å². The molecule has 26 heavy (non-hydrogen) atoms. The van der Waals surface area contributed by atoms with Crippen LogP contribution in [0.15, 0.2) is 55.0 Å². The van der Waals surface area contributed by atoms with Crippen molar-refractivity contribution >= 4 is 5.82 Å². The number of fused-ring (bicyclic) bond motifs is 1. The van der Waals surface area contributed by atoms with Crippen molar-refractivity contribution < 1.29 is 0 Å². The molecule has 5 nitrogen and oxygen atoms in total. The van der Waals surface area contributed by atoms with Crippen LogP contribution >= 0.6 is 0 Å². The summed E-state index contributed by atoms with van der Waals surface area (Å²) in [5.74, 6) is 2.62. The average molecular weight is 345 g/mol. The Morgan fingerprint density at radius 1 is 0.923 bits per heavy atom. The van der Waals surface area contributed by atoms with Gasteiger partial charge in [-0.15, -0.1) is 0 Å². The SMILES string of the molecule is c1ccc(N2CCCC(c3ncnn3C3Cc4ccccc4C3)C2)nc1. The topological polar surface area (TPSA) is 46.8 Å². The molecule has 2 aromatic heterocycles. The van der Waals surface area contributed by atoms with Crippen LogP contribution in [0.2, 0.25) is 0 Å². The molecule has 1 saturated heterocycles. The van der Waals surface area contributed by atoms with E-state index in [9.17, 15) is 0 Å². The Labute approximate surface area is 153 Å². The molecule has 0 N–H and O–H groups in total. The van der Waals surface area contributed by atoms with Crippen molar-refractivity contribution in [1.82, 2.24) is 19.7 Å². The van der Waals surface area contributed by atoms with Gasteiger partial charge in [-0.3, -0.25) is 0 Å². The molecule has 0 spiro atoms. The highest BCUT2D eigenvalue weighted by Crippen LogP contribution is 2.34. The lowest BCUT2D eigenvalue weighted by Gasteiger charge is -2.33. The maximum absolute atomic E-state index is 4.68. The molecule has 0 bridgehead atoms. The van der Waals surface area contributed by atoms with Crippen LogP contribution in [0.1, 0.15) is 41.8 Å². The second kappa shape index (κ2) is 6.56. The fourth-order valence-corrected chi connectivity index (χ4v) is 4.48. The van der Waals surface area contributed by atoms with E-state index < -0.39 is 0 Å². The summed E-state index contributed by atoms with van der Waals surface area (Å²) in [6, 6.07) is 15.3. The Morgan fingerprint density at radius 2 is 1.73 bits per heavy atom. The molecule has 3 heterocycles. The van der Waals surface area contributed by atoms with Gasteiger partial charge in [0.05, 0.1) is 6.04 Å². The fraction of sp³-hybridized carbons (Fsp3) is 0.381. The zero-order chi connectivity index (χ0) is 17.3. The third-order valence-corrected chi connectivity index (χ3v) is 5.74. The molecule has 1 aliphatic heterocycles. The molecule has 2 aliphatic rings. The minimum Gasteiger partial charge on any atom is -0.356 e. The van der Waals surface area contributed by atoms with Crippen LogP contribution in [-0.4, -0.2) is 32.8 Å². The van der Waals surface area contributed by atoms with Crippen LogP contribution in [-0.2, 0) is 12.8 Å². The summed E-state index contributed by atoms with van der Waals surface area (Å²) in [7, 11) is 0. The number of hydrogen-bond acceptors (Lipinski definition) is 4. The lowest BCUT2D eigenvalue weighted by atomic mass is 9.96. The molecule has 0 amide bonds. The van der Waals surface area contributed by atoms with Gasteiger partial charge >= 0.3 is 0 Å². The van der Waals surface area contributed by atoms with Gasteiger partial charge in [0, 0.05) is 25.2 Å². The number of pyridine rings is 1. The number of rotatable bonds is 3. The van der Waals surface area contributed by atoms with Gasteiger partial charge in [0.2, 0.25) is 0 Å². The molecule has 3 aromatic rings. The van der Waals surface area contributed by atoms with Gasteiger partial charge in [0.1, 0.15) is 18.0 Å². The number of piperidine rings is 1. The summed E-state index contributed by atoms with van der Waals surface area (Å²) in [5.41, 5.74) is 2.91. The minimum atomic E-state index is 0.398. The van der Waals surface area contributed by atoms with E-state index in [2.05, 4.69) is 61.0 Å². The summed E-state index contributed by atoms with van der Waals surface area (Å²) < 4.78 is 2.20. The van der Waals surface area contributed by atoms with E-state index in [4.69, 9.17) is 0 Å². The number of hydrogen-bond donors (Lipinski definition) is 0. The van der Waals surface area contributed by atoms with E-state index in [1.807, 2.05) is 12.3 Å². The normalized spacial score (nSPS) is 20.3. The standard InChI is InChI=1S/C21H23N5/c1-2-7-17-13-19(12-16(17)6-1)26-21(23-15-24-26)18-8-5-11-25(14-18)20-9-3-4-10-22-20/h1-4,6-7,9-10,15,18-19H,5,8,11-14H2. The van der Waals surface area contributed by atoms with Crippen LogP contribution in [0.5, 0.6) is 0 Å². The van der Waals surface area contributed by atoms with E-state index in [0.29, 0.717) is 12.0 Å². The van der Waals surface area contributed by atoms with Crippen LogP contribution in [0.4, 0.5) is 5.82 Å². The lowest BCUT2D eigenvalue weighted by molar-refractivity contribution is 0.408. The molecule has 1 unspecified atom stereocenters. The van der Waals surface area contributed by atoms with Gasteiger partial charge in [-0.05, 0) is 48.9 Å². The van der Waals surface area contributed by atoms with Crippen molar-refractivity contribution in [3.8, 4) is 0 Å². The van der Waals surface area contributed by atoms with E-state index in [1.165, 1.54) is 24.0 Å². The lowest BCUT2D eigenvalue weighted by Crippen LogP contribution is -2.36. The second-order valence-electron chi connectivity index (χ2n) is 7.37. The van der Waals surface area contributed by atoms with Gasteiger partial charge in [0.25, 0.3) is 0 Å². The van der Waals surface area contributed by atoms with Crippen molar-refractivity contribution in [2.75, 3.05) is 18.0 Å². The Balaban J connectivity index is 1.38. The molecule has 5 heteroatoms. The Bertz CT molecular complexity index is 863. The summed E-state index contributed by atoms with van der Waals surface area (Å²) >= 11 is 0. The van der Waals surface area contributed by atoms with E-state index in [1.54, 1.807) is 6.33 Å². The van der Waals surface area contributed by atoms with Crippen molar-refractivity contribution in [2.45, 2.75) is 37.6 Å². The monoisotopic (exact) mass is 345 g/mol. The zero-order valence-electron chi connectivity index (χ0n) is 14.8. The van der Waals surface area contributed by atoms with Crippen LogP contribution in [0.25, 0.3) is 0 Å². The Hall–Kier alpha value is -2.69. The third kappa shape index (κ3) is 2.77. The van der Waals surface area contributed by atoms with Crippen molar-refractivity contribution in [1.29, 1.82) is 0 Å². The number of aromatic nitrogens is 4. The van der Waals surface area contributed by atoms with Gasteiger partial charge in [0.15, 0.2) is 0 Å². The molecule has 132 valence electrons. The number of nitrogens with zero attached hydrogens (tertiary/aromatic N) is 5.